The van der Waals surface area contributed by atoms with E-state index < -0.39 is 30.5 Å². The number of amides is 2. The number of nitrogen functional groups attached to an aromatic ring is 1. The van der Waals surface area contributed by atoms with Crippen LogP contribution in [-0.2, 0) is 20.9 Å². The summed E-state index contributed by atoms with van der Waals surface area (Å²) in [5.74, 6) is -2.12. The zero-order valence-electron chi connectivity index (χ0n) is 20.8. The zero-order valence-corrected chi connectivity index (χ0v) is 21.6. The summed E-state index contributed by atoms with van der Waals surface area (Å²) in [4.78, 5) is 41.8. The fourth-order valence-electron chi connectivity index (χ4n) is 4.83. The molecule has 1 saturated heterocycles. The van der Waals surface area contributed by atoms with Crippen LogP contribution >= 0.6 is 11.3 Å². The van der Waals surface area contributed by atoms with Crippen molar-refractivity contribution in [1.29, 1.82) is 5.41 Å². The van der Waals surface area contributed by atoms with Crippen molar-refractivity contribution in [3.63, 3.8) is 0 Å². The molecule has 6 N–H and O–H groups in total. The maximum absolute atomic E-state index is 14.1. The summed E-state index contributed by atoms with van der Waals surface area (Å²) in [6, 6.07) is 21.0. The van der Waals surface area contributed by atoms with Gasteiger partial charge in [0.25, 0.3) is 0 Å². The molecule has 1 fully saturated rings. The van der Waals surface area contributed by atoms with Gasteiger partial charge in [-0.25, -0.2) is 0 Å². The monoisotopic (exact) mass is 533 g/mol. The SMILES string of the molecule is N=C(N)c1ccc(CNC(=O)[C@H]2CCCN2C(=O)C(NCC(=O)O)C(c2ccccc2)c2ccccc2)s1. The first-order valence-electron chi connectivity index (χ1n) is 12.4. The topological polar surface area (TPSA) is 149 Å². The Balaban J connectivity index is 1.58. The number of likely N-dealkylation sites (tertiary alicyclic amines) is 1. The Kier molecular flexibility index (Phi) is 8.88. The van der Waals surface area contributed by atoms with Crippen LogP contribution in [0.3, 0.4) is 0 Å². The lowest BCUT2D eigenvalue weighted by Gasteiger charge is -2.33. The van der Waals surface area contributed by atoms with E-state index in [1.54, 1.807) is 11.0 Å². The number of nitrogens with one attached hydrogen (secondary N) is 3. The lowest BCUT2D eigenvalue weighted by Crippen LogP contribution is -2.55. The number of aliphatic carboxylic acids is 1. The summed E-state index contributed by atoms with van der Waals surface area (Å²) < 4.78 is 0. The first-order valence-corrected chi connectivity index (χ1v) is 13.2. The van der Waals surface area contributed by atoms with Gasteiger partial charge in [-0.15, -0.1) is 11.3 Å². The number of thiophene rings is 1. The molecule has 2 heterocycles. The van der Waals surface area contributed by atoms with Crippen molar-refractivity contribution in [2.75, 3.05) is 13.1 Å². The second kappa shape index (κ2) is 12.5. The Morgan fingerprint density at radius 3 is 2.21 bits per heavy atom. The standard InChI is InChI=1S/C28H31N5O4S/c29-26(30)22-14-13-20(38-22)16-32-27(36)21-12-7-15-33(21)28(37)25(31-17-23(34)35)24(18-8-3-1-4-9-18)19-10-5-2-6-11-19/h1-6,8-11,13-14,21,24-25,31H,7,12,15-17H2,(H3,29,30)(H,32,36)(H,34,35)/t21-,25?/m1/s1. The maximum atomic E-state index is 14.1. The zero-order chi connectivity index (χ0) is 27.1. The van der Waals surface area contributed by atoms with Gasteiger partial charge >= 0.3 is 5.97 Å². The van der Waals surface area contributed by atoms with E-state index in [2.05, 4.69) is 10.6 Å². The van der Waals surface area contributed by atoms with Gasteiger partial charge in [0, 0.05) is 17.3 Å². The molecule has 1 aromatic heterocycles. The number of carbonyl (C=O) groups is 3. The minimum Gasteiger partial charge on any atom is -0.480 e. The minimum atomic E-state index is -1.07. The quantitative estimate of drug-likeness (QED) is 0.189. The van der Waals surface area contributed by atoms with Gasteiger partial charge in [-0.1, -0.05) is 60.7 Å². The lowest BCUT2D eigenvalue weighted by atomic mass is 9.84. The van der Waals surface area contributed by atoms with E-state index in [1.807, 2.05) is 66.7 Å². The number of amidine groups is 1. The van der Waals surface area contributed by atoms with E-state index in [0.717, 1.165) is 16.0 Å². The first-order chi connectivity index (χ1) is 18.3. The molecule has 1 unspecified atom stereocenters. The molecule has 2 atom stereocenters. The average molecular weight is 534 g/mol. The summed E-state index contributed by atoms with van der Waals surface area (Å²) >= 11 is 1.34. The molecule has 4 rings (SSSR count). The highest BCUT2D eigenvalue weighted by molar-refractivity contribution is 7.14. The normalized spacial score (nSPS) is 15.8. The van der Waals surface area contributed by atoms with E-state index in [0.29, 0.717) is 24.3 Å². The van der Waals surface area contributed by atoms with Crippen molar-refractivity contribution in [3.05, 3.63) is 93.7 Å². The number of hydrogen-bond donors (Lipinski definition) is 5. The number of rotatable bonds is 11. The van der Waals surface area contributed by atoms with Crippen LogP contribution in [0.15, 0.2) is 72.8 Å². The van der Waals surface area contributed by atoms with Gasteiger partial charge in [0.2, 0.25) is 11.8 Å². The number of carboxylic acids is 1. The highest BCUT2D eigenvalue weighted by Gasteiger charge is 2.40. The minimum absolute atomic E-state index is 0.0218. The molecule has 0 radical (unpaired) electrons. The molecule has 10 heteroatoms. The van der Waals surface area contributed by atoms with Crippen LogP contribution in [0.25, 0.3) is 0 Å². The summed E-state index contributed by atoms with van der Waals surface area (Å²) in [7, 11) is 0. The number of carbonyl (C=O) groups excluding carboxylic acids is 2. The predicted molar refractivity (Wildman–Crippen MR) is 146 cm³/mol. The van der Waals surface area contributed by atoms with Gasteiger partial charge in [0.15, 0.2) is 0 Å². The third-order valence-electron chi connectivity index (χ3n) is 6.59. The third kappa shape index (κ3) is 6.45. The van der Waals surface area contributed by atoms with Gasteiger partial charge in [0.1, 0.15) is 11.9 Å². The first kappa shape index (κ1) is 27.0. The largest absolute Gasteiger partial charge is 0.480 e. The molecule has 38 heavy (non-hydrogen) atoms. The molecule has 2 amide bonds. The molecule has 2 aromatic carbocycles. The molecule has 0 bridgehead atoms. The molecule has 198 valence electrons. The molecule has 0 aliphatic carbocycles. The molecule has 0 saturated carbocycles. The van der Waals surface area contributed by atoms with Gasteiger partial charge < -0.3 is 21.1 Å². The van der Waals surface area contributed by atoms with Crippen LogP contribution in [-0.4, -0.2) is 58.8 Å². The smallest absolute Gasteiger partial charge is 0.317 e. The number of nitrogens with zero attached hydrogens (tertiary/aromatic N) is 1. The fraction of sp³-hybridized carbons (Fsp3) is 0.286. The molecular formula is C28H31N5O4S. The van der Waals surface area contributed by atoms with E-state index in [4.69, 9.17) is 11.1 Å². The van der Waals surface area contributed by atoms with E-state index in [9.17, 15) is 19.5 Å². The lowest BCUT2D eigenvalue weighted by molar-refractivity contribution is -0.141. The van der Waals surface area contributed by atoms with E-state index in [-0.39, 0.29) is 24.2 Å². The van der Waals surface area contributed by atoms with E-state index in [1.165, 1.54) is 11.3 Å². The van der Waals surface area contributed by atoms with Crippen LogP contribution in [0.2, 0.25) is 0 Å². The number of hydrogen-bond acceptors (Lipinski definition) is 6. The average Bonchev–Trinajstić information content (AvgIpc) is 3.61. The van der Waals surface area contributed by atoms with E-state index >= 15 is 0 Å². The summed E-state index contributed by atoms with van der Waals surface area (Å²) in [6.45, 7) is 0.284. The van der Waals surface area contributed by atoms with Crippen molar-refractivity contribution < 1.29 is 19.5 Å². The second-order valence-electron chi connectivity index (χ2n) is 9.14. The number of nitrogens with two attached hydrogens (primary N) is 1. The Morgan fingerprint density at radius 1 is 1.03 bits per heavy atom. The van der Waals surface area contributed by atoms with Crippen LogP contribution in [0.1, 0.15) is 39.6 Å². The molecule has 1 aliphatic rings. The Morgan fingerprint density at radius 2 is 1.66 bits per heavy atom. The van der Waals surface area contributed by atoms with Crippen LogP contribution in [0.5, 0.6) is 0 Å². The molecule has 1 aliphatic heterocycles. The third-order valence-corrected chi connectivity index (χ3v) is 7.71. The van der Waals surface area contributed by atoms with Gasteiger partial charge in [-0.3, -0.25) is 25.1 Å². The predicted octanol–water partition coefficient (Wildman–Crippen LogP) is 2.51. The van der Waals surface area contributed by atoms with Crippen LogP contribution in [0.4, 0.5) is 0 Å². The summed E-state index contributed by atoms with van der Waals surface area (Å²) in [5.41, 5.74) is 7.27. The Labute approximate surface area is 225 Å². The van der Waals surface area contributed by atoms with Crippen LogP contribution in [0, 0.1) is 5.41 Å². The van der Waals surface area contributed by atoms with Crippen molar-refractivity contribution in [1.82, 2.24) is 15.5 Å². The highest BCUT2D eigenvalue weighted by atomic mass is 32.1. The molecule has 3 aromatic rings. The summed E-state index contributed by atoms with van der Waals surface area (Å²) in [5, 5.41) is 22.8. The fourth-order valence-corrected chi connectivity index (χ4v) is 5.64. The van der Waals surface area contributed by atoms with Crippen LogP contribution < -0.4 is 16.4 Å². The summed E-state index contributed by atoms with van der Waals surface area (Å²) in [6.07, 6.45) is 1.19. The Bertz CT molecular complexity index is 1240. The van der Waals surface area contributed by atoms with Gasteiger partial charge in [-0.2, -0.15) is 0 Å². The number of benzene rings is 2. The number of carboxylic acid groups (broad SMARTS) is 1. The van der Waals surface area contributed by atoms with Gasteiger partial charge in [0.05, 0.1) is 24.0 Å². The van der Waals surface area contributed by atoms with Crippen molar-refractivity contribution in [2.45, 2.75) is 37.4 Å². The van der Waals surface area contributed by atoms with Crippen molar-refractivity contribution in [2.24, 2.45) is 5.73 Å². The van der Waals surface area contributed by atoms with Crippen molar-refractivity contribution >= 4 is 35.0 Å². The highest BCUT2D eigenvalue weighted by Crippen LogP contribution is 2.31. The molecule has 9 nitrogen and oxygen atoms in total. The maximum Gasteiger partial charge on any atom is 0.317 e. The van der Waals surface area contributed by atoms with Crippen molar-refractivity contribution in [3.8, 4) is 0 Å². The van der Waals surface area contributed by atoms with Gasteiger partial charge in [-0.05, 0) is 36.1 Å². The molecular weight excluding hydrogens is 502 g/mol. The second-order valence-corrected chi connectivity index (χ2v) is 10.3. The Hall–Kier alpha value is -4.02. The molecule has 0 spiro atoms.